The van der Waals surface area contributed by atoms with Crippen LogP contribution in [0.3, 0.4) is 0 Å². The molecular weight excluding hydrogens is 285 g/mol. The highest BCUT2D eigenvalue weighted by Crippen LogP contribution is 2.29. The van der Waals surface area contributed by atoms with E-state index in [9.17, 15) is 4.39 Å². The van der Waals surface area contributed by atoms with E-state index in [4.69, 9.17) is 5.73 Å². The van der Waals surface area contributed by atoms with E-state index in [1.54, 1.807) is 12.1 Å². The molecule has 2 rings (SSSR count). The van der Waals surface area contributed by atoms with Crippen LogP contribution < -0.4 is 5.73 Å². The summed E-state index contributed by atoms with van der Waals surface area (Å²) in [6.07, 6.45) is 0.809. The van der Waals surface area contributed by atoms with Gasteiger partial charge in [-0.3, -0.25) is 0 Å². The Hall–Kier alpha value is -1.36. The van der Waals surface area contributed by atoms with E-state index in [-0.39, 0.29) is 5.82 Å². The number of anilines is 1. The van der Waals surface area contributed by atoms with Gasteiger partial charge in [0.05, 0.1) is 4.47 Å². The molecular formula is C12H13BrFN3. The van der Waals surface area contributed by atoms with Gasteiger partial charge < -0.3 is 10.3 Å². The summed E-state index contributed by atoms with van der Waals surface area (Å²) in [4.78, 5) is 4.46. The second-order valence-corrected chi connectivity index (χ2v) is 4.66. The van der Waals surface area contributed by atoms with Crippen molar-refractivity contribution in [2.45, 2.75) is 13.3 Å². The summed E-state index contributed by atoms with van der Waals surface area (Å²) >= 11 is 3.16. The minimum absolute atomic E-state index is 0.293. The molecule has 5 heteroatoms. The number of rotatable bonds is 2. The first kappa shape index (κ1) is 12.1. The van der Waals surface area contributed by atoms with Crippen molar-refractivity contribution in [2.24, 2.45) is 7.05 Å². The van der Waals surface area contributed by atoms with Crippen LogP contribution in [-0.2, 0) is 13.5 Å². The molecule has 0 aliphatic rings. The van der Waals surface area contributed by atoms with Crippen molar-refractivity contribution >= 4 is 21.7 Å². The lowest BCUT2D eigenvalue weighted by Crippen LogP contribution is -2.00. The van der Waals surface area contributed by atoms with Crippen LogP contribution in [0.1, 0.15) is 12.7 Å². The maximum Gasteiger partial charge on any atom is 0.137 e. The van der Waals surface area contributed by atoms with Crippen molar-refractivity contribution in [3.05, 3.63) is 34.3 Å². The summed E-state index contributed by atoms with van der Waals surface area (Å²) in [5.74, 6) is 1.22. The van der Waals surface area contributed by atoms with E-state index in [0.717, 1.165) is 17.8 Å². The molecule has 0 saturated carbocycles. The third kappa shape index (κ3) is 2.07. The first-order valence-electron chi connectivity index (χ1n) is 5.31. The minimum Gasteiger partial charge on any atom is -0.383 e. The third-order valence-corrected chi connectivity index (χ3v) is 3.35. The first-order chi connectivity index (χ1) is 8.04. The monoisotopic (exact) mass is 297 g/mol. The van der Waals surface area contributed by atoms with E-state index >= 15 is 0 Å². The van der Waals surface area contributed by atoms with E-state index in [2.05, 4.69) is 20.9 Å². The third-order valence-electron chi connectivity index (χ3n) is 2.74. The molecule has 0 aliphatic carbocycles. The highest BCUT2D eigenvalue weighted by atomic mass is 79.9. The molecule has 3 nitrogen and oxygen atoms in total. The average Bonchev–Trinajstić information content (AvgIpc) is 2.60. The molecule has 0 amide bonds. The fourth-order valence-corrected chi connectivity index (χ4v) is 2.11. The van der Waals surface area contributed by atoms with Gasteiger partial charge in [-0.15, -0.1) is 0 Å². The maximum absolute atomic E-state index is 13.2. The standard InChI is InChI=1S/C12H13BrFN3/c1-3-10-16-11(12(15)17(10)2)7-4-5-9(14)8(13)6-7/h4-6H,3,15H2,1-2H3. The Morgan fingerprint density at radius 1 is 1.47 bits per heavy atom. The number of hydrogen-bond donors (Lipinski definition) is 1. The predicted octanol–water partition coefficient (Wildman–Crippen LogP) is 3.13. The fourth-order valence-electron chi connectivity index (χ4n) is 1.73. The molecule has 1 aromatic carbocycles. The summed E-state index contributed by atoms with van der Waals surface area (Å²) in [6.45, 7) is 2.02. The lowest BCUT2D eigenvalue weighted by atomic mass is 10.1. The van der Waals surface area contributed by atoms with Gasteiger partial charge in [-0.25, -0.2) is 9.37 Å². The number of benzene rings is 1. The second kappa shape index (κ2) is 4.49. The highest BCUT2D eigenvalue weighted by molar-refractivity contribution is 9.10. The van der Waals surface area contributed by atoms with Gasteiger partial charge in [0.2, 0.25) is 0 Å². The molecule has 17 heavy (non-hydrogen) atoms. The van der Waals surface area contributed by atoms with Crippen LogP contribution >= 0.6 is 15.9 Å². The number of halogens is 2. The Kier molecular flexibility index (Phi) is 3.19. The van der Waals surface area contributed by atoms with Gasteiger partial charge in [0, 0.05) is 19.0 Å². The number of imidazole rings is 1. The van der Waals surface area contributed by atoms with Gasteiger partial charge in [-0.2, -0.15) is 0 Å². The lowest BCUT2D eigenvalue weighted by Gasteiger charge is -2.02. The van der Waals surface area contributed by atoms with E-state index in [1.807, 2.05) is 18.5 Å². The Bertz CT molecular complexity index is 563. The molecule has 0 unspecified atom stereocenters. The molecule has 0 radical (unpaired) electrons. The van der Waals surface area contributed by atoms with Gasteiger partial charge in [0.1, 0.15) is 23.2 Å². The molecule has 0 fully saturated rings. The van der Waals surface area contributed by atoms with Crippen molar-refractivity contribution in [3.8, 4) is 11.3 Å². The fraction of sp³-hybridized carbons (Fsp3) is 0.250. The van der Waals surface area contributed by atoms with Crippen molar-refractivity contribution in [3.63, 3.8) is 0 Å². The first-order valence-corrected chi connectivity index (χ1v) is 6.10. The topological polar surface area (TPSA) is 43.8 Å². The van der Waals surface area contributed by atoms with E-state index < -0.39 is 0 Å². The molecule has 0 spiro atoms. The van der Waals surface area contributed by atoms with Crippen LogP contribution in [0, 0.1) is 5.82 Å². The molecule has 0 bridgehead atoms. The van der Waals surface area contributed by atoms with Crippen LogP contribution in [0.5, 0.6) is 0 Å². The van der Waals surface area contributed by atoms with Crippen molar-refractivity contribution in [2.75, 3.05) is 5.73 Å². The van der Waals surface area contributed by atoms with Crippen LogP contribution in [0.2, 0.25) is 0 Å². The number of aryl methyl sites for hydroxylation is 1. The number of aromatic nitrogens is 2. The Balaban J connectivity index is 2.56. The molecule has 0 aliphatic heterocycles. The summed E-state index contributed by atoms with van der Waals surface area (Å²) in [5, 5.41) is 0. The van der Waals surface area contributed by atoms with Gasteiger partial charge in [0.15, 0.2) is 0 Å². The number of nitrogens with zero attached hydrogens (tertiary/aromatic N) is 2. The van der Waals surface area contributed by atoms with Crippen LogP contribution in [0.15, 0.2) is 22.7 Å². The molecule has 1 heterocycles. The Labute approximate surface area is 108 Å². The van der Waals surface area contributed by atoms with Crippen molar-refractivity contribution in [1.29, 1.82) is 0 Å². The smallest absolute Gasteiger partial charge is 0.137 e. The van der Waals surface area contributed by atoms with Gasteiger partial charge in [-0.05, 0) is 34.1 Å². The second-order valence-electron chi connectivity index (χ2n) is 3.80. The molecule has 0 saturated heterocycles. The zero-order chi connectivity index (χ0) is 12.6. The molecule has 2 aromatic rings. The van der Waals surface area contributed by atoms with Gasteiger partial charge in [0.25, 0.3) is 0 Å². The van der Waals surface area contributed by atoms with Gasteiger partial charge >= 0.3 is 0 Å². The zero-order valence-corrected chi connectivity index (χ0v) is 11.3. The number of nitrogen functional groups attached to an aromatic ring is 1. The largest absolute Gasteiger partial charge is 0.383 e. The Morgan fingerprint density at radius 2 is 2.18 bits per heavy atom. The van der Waals surface area contributed by atoms with Gasteiger partial charge in [-0.1, -0.05) is 6.92 Å². The SMILES string of the molecule is CCc1nc(-c2ccc(F)c(Br)c2)c(N)n1C. The summed E-state index contributed by atoms with van der Waals surface area (Å²) in [6, 6.07) is 4.77. The lowest BCUT2D eigenvalue weighted by molar-refractivity contribution is 0.621. The molecule has 0 atom stereocenters. The average molecular weight is 298 g/mol. The minimum atomic E-state index is -0.293. The Morgan fingerprint density at radius 3 is 2.71 bits per heavy atom. The molecule has 90 valence electrons. The van der Waals surface area contributed by atoms with Crippen molar-refractivity contribution < 1.29 is 4.39 Å². The maximum atomic E-state index is 13.2. The van der Waals surface area contributed by atoms with Crippen LogP contribution in [-0.4, -0.2) is 9.55 Å². The van der Waals surface area contributed by atoms with E-state index in [0.29, 0.717) is 16.0 Å². The van der Waals surface area contributed by atoms with Crippen molar-refractivity contribution in [1.82, 2.24) is 9.55 Å². The predicted molar refractivity (Wildman–Crippen MR) is 70.1 cm³/mol. The number of hydrogen-bond acceptors (Lipinski definition) is 2. The van der Waals surface area contributed by atoms with E-state index in [1.165, 1.54) is 6.07 Å². The summed E-state index contributed by atoms with van der Waals surface area (Å²) in [5.41, 5.74) is 7.50. The molecule has 2 N–H and O–H groups in total. The number of nitrogens with two attached hydrogens (primary N) is 1. The highest BCUT2D eigenvalue weighted by Gasteiger charge is 2.13. The molecule has 1 aromatic heterocycles. The zero-order valence-electron chi connectivity index (χ0n) is 9.67. The quantitative estimate of drug-likeness (QED) is 0.925. The summed E-state index contributed by atoms with van der Waals surface area (Å²) < 4.78 is 15.4. The summed E-state index contributed by atoms with van der Waals surface area (Å²) in [7, 11) is 1.88. The normalized spacial score (nSPS) is 10.8. The van der Waals surface area contributed by atoms with Crippen LogP contribution in [0.25, 0.3) is 11.3 Å². The van der Waals surface area contributed by atoms with Crippen LogP contribution in [0.4, 0.5) is 10.2 Å².